The first kappa shape index (κ1) is 11.5. The first-order valence-electron chi connectivity index (χ1n) is 6.18. The Morgan fingerprint density at radius 1 is 1.11 bits per heavy atom. The van der Waals surface area contributed by atoms with Gasteiger partial charge in [-0.25, -0.2) is 0 Å². The lowest BCUT2D eigenvalue weighted by Gasteiger charge is -2.07. The van der Waals surface area contributed by atoms with E-state index in [0.717, 1.165) is 22.3 Å². The lowest BCUT2D eigenvalue weighted by atomic mass is 10.0. The van der Waals surface area contributed by atoms with Gasteiger partial charge in [-0.3, -0.25) is 4.79 Å². The fourth-order valence-electron chi connectivity index (χ4n) is 2.29. The molecular weight excluding hydrogens is 236 g/mol. The predicted octanol–water partition coefficient (Wildman–Crippen LogP) is 3.79. The van der Waals surface area contributed by atoms with E-state index in [1.165, 1.54) is 12.3 Å². The Balaban J connectivity index is 2.11. The van der Waals surface area contributed by atoms with Crippen molar-refractivity contribution in [1.29, 1.82) is 0 Å². The van der Waals surface area contributed by atoms with Gasteiger partial charge in [-0.2, -0.15) is 0 Å². The van der Waals surface area contributed by atoms with Gasteiger partial charge in [-0.15, -0.1) is 0 Å². The molecule has 0 aliphatic rings. The minimum Gasteiger partial charge on any atom is -0.361 e. The van der Waals surface area contributed by atoms with Crippen LogP contribution in [0.3, 0.4) is 0 Å². The zero-order valence-corrected chi connectivity index (χ0v) is 10.6. The van der Waals surface area contributed by atoms with Crippen molar-refractivity contribution in [2.45, 2.75) is 6.92 Å². The average molecular weight is 250 g/mol. The number of rotatable bonds is 2. The van der Waals surface area contributed by atoms with Crippen molar-refractivity contribution in [3.05, 3.63) is 54.7 Å². The van der Waals surface area contributed by atoms with Crippen LogP contribution in [0.4, 0.5) is 5.69 Å². The van der Waals surface area contributed by atoms with Crippen molar-refractivity contribution < 1.29 is 4.79 Å². The summed E-state index contributed by atoms with van der Waals surface area (Å²) in [6.07, 6.45) is 1.94. The Bertz CT molecular complexity index is 743. The number of carbonyl (C=O) groups is 1. The average Bonchev–Trinajstić information content (AvgIpc) is 2.86. The number of fused-ring (bicyclic) bond motifs is 1. The van der Waals surface area contributed by atoms with Gasteiger partial charge in [0.2, 0.25) is 5.91 Å². The highest BCUT2D eigenvalue weighted by atomic mass is 16.1. The van der Waals surface area contributed by atoms with E-state index in [4.69, 9.17) is 0 Å². The fraction of sp³-hybridized carbons (Fsp3) is 0.0625. The molecule has 3 aromatic rings. The fourth-order valence-corrected chi connectivity index (χ4v) is 2.29. The molecule has 0 unspecified atom stereocenters. The Labute approximate surface area is 111 Å². The van der Waals surface area contributed by atoms with Gasteiger partial charge in [0.25, 0.3) is 0 Å². The Morgan fingerprint density at radius 2 is 1.95 bits per heavy atom. The van der Waals surface area contributed by atoms with Gasteiger partial charge in [0.15, 0.2) is 0 Å². The van der Waals surface area contributed by atoms with E-state index < -0.39 is 0 Å². The standard InChI is InChI=1S/C16H14N2O/c1-11(19)18-14-6-2-5-13(10-14)15-7-3-4-12-8-9-17-16(12)15/h2-10,17H,1H3,(H,18,19). The van der Waals surface area contributed by atoms with E-state index >= 15 is 0 Å². The molecule has 3 nitrogen and oxygen atoms in total. The van der Waals surface area contributed by atoms with Crippen LogP contribution in [-0.2, 0) is 4.79 Å². The summed E-state index contributed by atoms with van der Waals surface area (Å²) in [6.45, 7) is 1.51. The van der Waals surface area contributed by atoms with E-state index in [1.807, 2.05) is 36.5 Å². The highest BCUT2D eigenvalue weighted by Gasteiger charge is 2.05. The van der Waals surface area contributed by atoms with Crippen molar-refractivity contribution in [2.24, 2.45) is 0 Å². The van der Waals surface area contributed by atoms with Crippen molar-refractivity contribution in [3.63, 3.8) is 0 Å². The quantitative estimate of drug-likeness (QED) is 0.714. The molecule has 1 heterocycles. The molecule has 0 saturated carbocycles. The van der Waals surface area contributed by atoms with Crippen LogP contribution in [0, 0.1) is 0 Å². The third kappa shape index (κ3) is 2.22. The first-order valence-corrected chi connectivity index (χ1v) is 6.18. The minimum absolute atomic E-state index is 0.0600. The van der Waals surface area contributed by atoms with Gasteiger partial charge in [-0.05, 0) is 29.1 Å². The molecule has 3 rings (SSSR count). The third-order valence-electron chi connectivity index (χ3n) is 3.08. The predicted molar refractivity (Wildman–Crippen MR) is 78.0 cm³/mol. The summed E-state index contributed by atoms with van der Waals surface area (Å²) in [4.78, 5) is 14.4. The lowest BCUT2D eigenvalue weighted by Crippen LogP contribution is -2.05. The summed E-state index contributed by atoms with van der Waals surface area (Å²) in [6, 6.07) is 16.1. The number of hydrogen-bond donors (Lipinski definition) is 2. The number of anilines is 1. The van der Waals surface area contributed by atoms with Crippen molar-refractivity contribution >= 4 is 22.5 Å². The summed E-state index contributed by atoms with van der Waals surface area (Å²) in [5.41, 5.74) is 4.14. The number of carbonyl (C=O) groups excluding carboxylic acids is 1. The van der Waals surface area contributed by atoms with Gasteiger partial charge in [0.1, 0.15) is 0 Å². The molecule has 1 aromatic heterocycles. The van der Waals surface area contributed by atoms with Crippen LogP contribution in [0.2, 0.25) is 0 Å². The summed E-state index contributed by atoms with van der Waals surface area (Å²) >= 11 is 0. The van der Waals surface area contributed by atoms with Gasteiger partial charge in [0, 0.05) is 24.4 Å². The lowest BCUT2D eigenvalue weighted by molar-refractivity contribution is -0.114. The molecule has 0 saturated heterocycles. The molecule has 1 amide bonds. The van der Waals surface area contributed by atoms with Crippen molar-refractivity contribution in [1.82, 2.24) is 4.98 Å². The Hall–Kier alpha value is -2.55. The summed E-state index contributed by atoms with van der Waals surface area (Å²) in [5.74, 6) is -0.0600. The SMILES string of the molecule is CC(=O)Nc1cccc(-c2cccc3cc[nH]c23)c1. The number of H-pyrrole nitrogens is 1. The Morgan fingerprint density at radius 3 is 2.79 bits per heavy atom. The van der Waals surface area contributed by atoms with Gasteiger partial charge >= 0.3 is 0 Å². The largest absolute Gasteiger partial charge is 0.361 e. The van der Waals surface area contributed by atoms with Crippen molar-refractivity contribution in [3.8, 4) is 11.1 Å². The van der Waals surface area contributed by atoms with E-state index in [1.54, 1.807) is 0 Å². The molecule has 2 N–H and O–H groups in total. The first-order chi connectivity index (χ1) is 9.24. The maximum absolute atomic E-state index is 11.1. The number of aromatic nitrogens is 1. The molecule has 0 radical (unpaired) electrons. The highest BCUT2D eigenvalue weighted by molar-refractivity contribution is 5.95. The zero-order valence-electron chi connectivity index (χ0n) is 10.6. The second-order valence-electron chi connectivity index (χ2n) is 4.51. The van der Waals surface area contributed by atoms with Crippen LogP contribution in [0.15, 0.2) is 54.7 Å². The number of para-hydroxylation sites is 1. The van der Waals surface area contributed by atoms with E-state index in [2.05, 4.69) is 28.5 Å². The number of aromatic amines is 1. The number of benzene rings is 2. The molecule has 0 atom stereocenters. The maximum atomic E-state index is 11.1. The maximum Gasteiger partial charge on any atom is 0.221 e. The highest BCUT2D eigenvalue weighted by Crippen LogP contribution is 2.29. The van der Waals surface area contributed by atoms with E-state index in [9.17, 15) is 4.79 Å². The van der Waals surface area contributed by atoms with Crippen LogP contribution in [-0.4, -0.2) is 10.9 Å². The molecule has 0 aliphatic heterocycles. The van der Waals surface area contributed by atoms with Crippen molar-refractivity contribution in [2.75, 3.05) is 5.32 Å². The van der Waals surface area contributed by atoms with Crippen LogP contribution in [0.1, 0.15) is 6.92 Å². The van der Waals surface area contributed by atoms with Crippen LogP contribution in [0.5, 0.6) is 0 Å². The second kappa shape index (κ2) is 4.61. The molecular formula is C16H14N2O. The molecule has 94 valence electrons. The molecule has 2 aromatic carbocycles. The zero-order chi connectivity index (χ0) is 13.2. The third-order valence-corrected chi connectivity index (χ3v) is 3.08. The smallest absolute Gasteiger partial charge is 0.221 e. The summed E-state index contributed by atoms with van der Waals surface area (Å²) in [7, 11) is 0. The molecule has 0 spiro atoms. The molecule has 0 bridgehead atoms. The van der Waals surface area contributed by atoms with Gasteiger partial charge in [-0.1, -0.05) is 30.3 Å². The molecule has 0 fully saturated rings. The monoisotopic (exact) mass is 250 g/mol. The normalized spacial score (nSPS) is 10.6. The van der Waals surface area contributed by atoms with Crippen LogP contribution < -0.4 is 5.32 Å². The number of nitrogens with one attached hydrogen (secondary N) is 2. The van der Waals surface area contributed by atoms with Crippen LogP contribution >= 0.6 is 0 Å². The Kier molecular flexibility index (Phi) is 2.80. The topological polar surface area (TPSA) is 44.9 Å². The van der Waals surface area contributed by atoms with Crippen LogP contribution in [0.25, 0.3) is 22.0 Å². The number of amides is 1. The summed E-state index contributed by atoms with van der Waals surface area (Å²) in [5, 5.41) is 3.99. The van der Waals surface area contributed by atoms with Gasteiger partial charge < -0.3 is 10.3 Å². The molecule has 3 heteroatoms. The van der Waals surface area contributed by atoms with E-state index in [-0.39, 0.29) is 5.91 Å². The second-order valence-corrected chi connectivity index (χ2v) is 4.51. The molecule has 19 heavy (non-hydrogen) atoms. The van der Waals surface area contributed by atoms with E-state index in [0.29, 0.717) is 0 Å². The molecule has 0 aliphatic carbocycles. The summed E-state index contributed by atoms with van der Waals surface area (Å²) < 4.78 is 0. The number of hydrogen-bond acceptors (Lipinski definition) is 1. The van der Waals surface area contributed by atoms with Gasteiger partial charge in [0.05, 0.1) is 5.52 Å². The minimum atomic E-state index is -0.0600.